The average Bonchev–Trinajstić information content (AvgIpc) is 2.59. The monoisotopic (exact) mass is 331 g/mol. The first kappa shape index (κ1) is 16.9. The highest BCUT2D eigenvalue weighted by Gasteiger charge is 2.13. The van der Waals surface area contributed by atoms with Crippen LogP contribution in [0.5, 0.6) is 0 Å². The SMILES string of the molecule is CNC(=O)/C=C/c1ccc(S(=O)(=O)NCc2ccncc2)cc1. The smallest absolute Gasteiger partial charge is 0.243 e. The number of hydrogen-bond donors (Lipinski definition) is 2. The van der Waals surface area contributed by atoms with E-state index < -0.39 is 10.0 Å². The summed E-state index contributed by atoms with van der Waals surface area (Å²) in [5, 5.41) is 2.47. The molecule has 0 spiro atoms. The maximum absolute atomic E-state index is 12.2. The van der Waals surface area contributed by atoms with E-state index in [2.05, 4.69) is 15.0 Å². The minimum atomic E-state index is -3.58. The highest BCUT2D eigenvalue weighted by atomic mass is 32.2. The molecule has 1 amide bonds. The van der Waals surface area contributed by atoms with Gasteiger partial charge < -0.3 is 5.32 Å². The van der Waals surface area contributed by atoms with E-state index in [1.54, 1.807) is 42.7 Å². The Morgan fingerprint density at radius 2 is 1.78 bits per heavy atom. The number of benzene rings is 1. The topological polar surface area (TPSA) is 88.2 Å². The van der Waals surface area contributed by atoms with Crippen LogP contribution in [-0.4, -0.2) is 26.4 Å². The number of rotatable bonds is 6. The third-order valence-electron chi connectivity index (χ3n) is 3.08. The summed E-state index contributed by atoms with van der Waals surface area (Å²) in [5.41, 5.74) is 1.57. The number of sulfonamides is 1. The number of pyridine rings is 1. The molecular formula is C16H17N3O3S. The fourth-order valence-corrected chi connectivity index (χ4v) is 2.79. The summed E-state index contributed by atoms with van der Waals surface area (Å²) >= 11 is 0. The van der Waals surface area contributed by atoms with Gasteiger partial charge in [-0.2, -0.15) is 0 Å². The summed E-state index contributed by atoms with van der Waals surface area (Å²) in [4.78, 5) is 15.2. The lowest BCUT2D eigenvalue weighted by Gasteiger charge is -2.07. The normalized spacial score (nSPS) is 11.5. The summed E-state index contributed by atoms with van der Waals surface area (Å²) in [7, 11) is -2.05. The molecular weight excluding hydrogens is 314 g/mol. The summed E-state index contributed by atoms with van der Waals surface area (Å²) in [6, 6.07) is 9.77. The molecule has 0 saturated heterocycles. The molecule has 120 valence electrons. The van der Waals surface area contributed by atoms with Gasteiger partial charge in [0.05, 0.1) is 4.90 Å². The van der Waals surface area contributed by atoms with Crippen molar-refractivity contribution in [2.24, 2.45) is 0 Å². The van der Waals surface area contributed by atoms with Crippen LogP contribution in [0.4, 0.5) is 0 Å². The van der Waals surface area contributed by atoms with Crippen LogP contribution >= 0.6 is 0 Å². The van der Waals surface area contributed by atoms with Crippen molar-refractivity contribution < 1.29 is 13.2 Å². The van der Waals surface area contributed by atoms with Crippen LogP contribution in [0.15, 0.2) is 59.8 Å². The third-order valence-corrected chi connectivity index (χ3v) is 4.50. The van der Waals surface area contributed by atoms with E-state index in [1.807, 2.05) is 0 Å². The molecule has 2 rings (SSSR count). The molecule has 0 atom stereocenters. The Morgan fingerprint density at radius 1 is 1.13 bits per heavy atom. The van der Waals surface area contributed by atoms with Gasteiger partial charge in [-0.1, -0.05) is 12.1 Å². The van der Waals surface area contributed by atoms with Gasteiger partial charge in [-0.25, -0.2) is 13.1 Å². The molecule has 0 radical (unpaired) electrons. The molecule has 1 heterocycles. The van der Waals surface area contributed by atoms with Crippen molar-refractivity contribution in [1.82, 2.24) is 15.0 Å². The number of hydrogen-bond acceptors (Lipinski definition) is 4. The number of likely N-dealkylation sites (N-methyl/N-ethyl adjacent to an activating group) is 1. The molecule has 0 aliphatic heterocycles. The second-order valence-electron chi connectivity index (χ2n) is 4.70. The van der Waals surface area contributed by atoms with Crippen LogP contribution in [0.3, 0.4) is 0 Å². The van der Waals surface area contributed by atoms with Gasteiger partial charge in [0, 0.05) is 32.1 Å². The number of carbonyl (C=O) groups is 1. The molecule has 7 heteroatoms. The second kappa shape index (κ2) is 7.66. The van der Waals surface area contributed by atoms with Gasteiger partial charge >= 0.3 is 0 Å². The number of aromatic nitrogens is 1. The van der Waals surface area contributed by atoms with Crippen LogP contribution in [0.25, 0.3) is 6.08 Å². The number of nitrogens with one attached hydrogen (secondary N) is 2. The van der Waals surface area contributed by atoms with Crippen molar-refractivity contribution in [3.63, 3.8) is 0 Å². The zero-order chi connectivity index (χ0) is 16.7. The maximum Gasteiger partial charge on any atom is 0.243 e. The van der Waals surface area contributed by atoms with Gasteiger partial charge in [-0.3, -0.25) is 9.78 Å². The molecule has 0 aliphatic rings. The lowest BCUT2D eigenvalue weighted by Crippen LogP contribution is -2.23. The average molecular weight is 331 g/mol. The van der Waals surface area contributed by atoms with E-state index >= 15 is 0 Å². The predicted octanol–water partition coefficient (Wildman–Crippen LogP) is 1.32. The molecule has 1 aromatic heterocycles. The molecule has 1 aromatic carbocycles. The van der Waals surface area contributed by atoms with Crippen LogP contribution in [0.2, 0.25) is 0 Å². The quantitative estimate of drug-likeness (QED) is 0.782. The Morgan fingerprint density at radius 3 is 2.39 bits per heavy atom. The molecule has 2 N–H and O–H groups in total. The Kier molecular flexibility index (Phi) is 5.61. The fourth-order valence-electron chi connectivity index (χ4n) is 1.78. The molecule has 0 bridgehead atoms. The molecule has 0 aliphatic carbocycles. The molecule has 23 heavy (non-hydrogen) atoms. The Balaban J connectivity index is 2.05. The lowest BCUT2D eigenvalue weighted by molar-refractivity contribution is -0.115. The van der Waals surface area contributed by atoms with E-state index in [0.717, 1.165) is 11.1 Å². The minimum absolute atomic E-state index is 0.170. The second-order valence-corrected chi connectivity index (χ2v) is 6.46. The van der Waals surface area contributed by atoms with Crippen LogP contribution in [0, 0.1) is 0 Å². The zero-order valence-electron chi connectivity index (χ0n) is 12.6. The van der Waals surface area contributed by atoms with E-state index in [0.29, 0.717) is 0 Å². The van der Waals surface area contributed by atoms with Crippen LogP contribution in [0.1, 0.15) is 11.1 Å². The predicted molar refractivity (Wildman–Crippen MR) is 87.8 cm³/mol. The van der Waals surface area contributed by atoms with Crippen molar-refractivity contribution in [2.45, 2.75) is 11.4 Å². The lowest BCUT2D eigenvalue weighted by atomic mass is 10.2. The summed E-state index contributed by atoms with van der Waals surface area (Å²) in [6.45, 7) is 0.198. The van der Waals surface area contributed by atoms with E-state index in [1.165, 1.54) is 25.3 Å². The van der Waals surface area contributed by atoms with E-state index in [9.17, 15) is 13.2 Å². The molecule has 0 fully saturated rings. The van der Waals surface area contributed by atoms with Gasteiger partial charge in [-0.15, -0.1) is 0 Å². The highest BCUT2D eigenvalue weighted by molar-refractivity contribution is 7.89. The fraction of sp³-hybridized carbons (Fsp3) is 0.125. The van der Waals surface area contributed by atoms with Crippen molar-refractivity contribution in [1.29, 1.82) is 0 Å². The van der Waals surface area contributed by atoms with Gasteiger partial charge in [-0.05, 0) is 41.5 Å². The molecule has 0 unspecified atom stereocenters. The Labute approximate surface area is 135 Å². The Bertz CT molecular complexity index is 785. The van der Waals surface area contributed by atoms with E-state index in [4.69, 9.17) is 0 Å². The van der Waals surface area contributed by atoms with Crippen molar-refractivity contribution >= 4 is 22.0 Å². The number of amides is 1. The largest absolute Gasteiger partial charge is 0.356 e. The standard InChI is InChI=1S/C16H17N3O3S/c1-17-16(20)7-4-13-2-5-15(6-3-13)23(21,22)19-12-14-8-10-18-11-9-14/h2-11,19H,12H2,1H3,(H,17,20)/b7-4+. The molecule has 2 aromatic rings. The van der Waals surface area contributed by atoms with Gasteiger partial charge in [0.25, 0.3) is 0 Å². The summed E-state index contributed by atoms with van der Waals surface area (Å²) in [5.74, 6) is -0.222. The van der Waals surface area contributed by atoms with Crippen molar-refractivity contribution in [3.8, 4) is 0 Å². The number of carbonyl (C=O) groups excluding carboxylic acids is 1. The molecule has 0 saturated carbocycles. The van der Waals surface area contributed by atoms with Crippen molar-refractivity contribution in [3.05, 3.63) is 66.0 Å². The summed E-state index contributed by atoms with van der Waals surface area (Å²) < 4.78 is 27.0. The van der Waals surface area contributed by atoms with E-state index in [-0.39, 0.29) is 17.3 Å². The molecule has 6 nitrogen and oxygen atoms in total. The first-order valence-corrected chi connectivity index (χ1v) is 8.38. The third kappa shape index (κ3) is 5.01. The van der Waals surface area contributed by atoms with Crippen LogP contribution < -0.4 is 10.0 Å². The minimum Gasteiger partial charge on any atom is -0.356 e. The van der Waals surface area contributed by atoms with Gasteiger partial charge in [0.1, 0.15) is 0 Å². The van der Waals surface area contributed by atoms with Crippen molar-refractivity contribution in [2.75, 3.05) is 7.05 Å². The highest BCUT2D eigenvalue weighted by Crippen LogP contribution is 2.12. The first-order valence-electron chi connectivity index (χ1n) is 6.90. The maximum atomic E-state index is 12.2. The van der Waals surface area contributed by atoms with Gasteiger partial charge in [0.2, 0.25) is 15.9 Å². The van der Waals surface area contributed by atoms with Gasteiger partial charge in [0.15, 0.2) is 0 Å². The zero-order valence-corrected chi connectivity index (χ0v) is 13.4. The Hall–Kier alpha value is -2.51. The first-order chi connectivity index (χ1) is 11.0. The van der Waals surface area contributed by atoms with Crippen LogP contribution in [-0.2, 0) is 21.4 Å². The number of nitrogens with zero attached hydrogens (tertiary/aromatic N) is 1. The summed E-state index contributed by atoms with van der Waals surface area (Å²) in [6.07, 6.45) is 6.21.